The van der Waals surface area contributed by atoms with Gasteiger partial charge in [0.05, 0.1) is 0 Å². The van der Waals surface area contributed by atoms with Crippen molar-refractivity contribution in [2.75, 3.05) is 26.2 Å². The minimum atomic E-state index is -0.273. The third kappa shape index (κ3) is 5.63. The first-order chi connectivity index (χ1) is 9.34. The topological polar surface area (TPSA) is 41.6 Å². The van der Waals surface area contributed by atoms with Crippen LogP contribution in [0.1, 0.15) is 18.4 Å². The van der Waals surface area contributed by atoms with Crippen molar-refractivity contribution in [2.24, 2.45) is 0 Å². The van der Waals surface area contributed by atoms with Crippen molar-refractivity contribution in [2.45, 2.75) is 19.4 Å². The second kappa shape index (κ2) is 8.19. The molecule has 4 nitrogen and oxygen atoms in total. The fourth-order valence-corrected chi connectivity index (χ4v) is 2.49. The number of carbonyl (C=O) groups is 1. The zero-order chi connectivity index (χ0) is 13.3. The van der Waals surface area contributed by atoms with Gasteiger partial charge in [0.25, 0.3) is 0 Å². The number of ether oxygens (including phenoxy) is 1. The van der Waals surface area contributed by atoms with Crippen LogP contribution >= 0.6 is 11.9 Å². The molecule has 1 heterocycles. The fourth-order valence-electron chi connectivity index (χ4n) is 2.07. The fraction of sp³-hybridized carbons (Fsp3) is 0.500. The van der Waals surface area contributed by atoms with Gasteiger partial charge < -0.3 is 9.64 Å². The van der Waals surface area contributed by atoms with Gasteiger partial charge in [-0.05, 0) is 31.5 Å². The van der Waals surface area contributed by atoms with Crippen LogP contribution in [0.5, 0.6) is 0 Å². The number of rotatable bonds is 6. The van der Waals surface area contributed by atoms with E-state index in [4.69, 9.17) is 4.74 Å². The zero-order valence-electron chi connectivity index (χ0n) is 11.0. The van der Waals surface area contributed by atoms with Crippen molar-refractivity contribution in [1.29, 1.82) is 0 Å². The summed E-state index contributed by atoms with van der Waals surface area (Å²) >= 11 is 1.04. The van der Waals surface area contributed by atoms with E-state index in [1.54, 1.807) is 0 Å². The lowest BCUT2D eigenvalue weighted by Gasteiger charge is -2.13. The van der Waals surface area contributed by atoms with Gasteiger partial charge in [-0.3, -0.25) is 4.72 Å². The van der Waals surface area contributed by atoms with Crippen LogP contribution in [0.2, 0.25) is 0 Å². The molecule has 0 aromatic heterocycles. The van der Waals surface area contributed by atoms with Crippen molar-refractivity contribution in [3.05, 3.63) is 35.9 Å². The van der Waals surface area contributed by atoms with Gasteiger partial charge in [-0.1, -0.05) is 30.3 Å². The summed E-state index contributed by atoms with van der Waals surface area (Å²) in [6.07, 6.45) is 2.60. The average molecular weight is 280 g/mol. The molecule has 0 bridgehead atoms. The molecular formula is C14H20N2O2S. The summed E-state index contributed by atoms with van der Waals surface area (Å²) < 4.78 is 8.20. The van der Waals surface area contributed by atoms with E-state index in [0.29, 0.717) is 6.61 Å². The third-order valence-corrected chi connectivity index (χ3v) is 3.72. The molecule has 0 radical (unpaired) electrons. The summed E-state index contributed by atoms with van der Waals surface area (Å²) in [6.45, 7) is 4.51. The van der Waals surface area contributed by atoms with E-state index in [1.165, 1.54) is 25.9 Å². The zero-order valence-corrected chi connectivity index (χ0v) is 11.8. The molecule has 1 N–H and O–H groups in total. The lowest BCUT2D eigenvalue weighted by atomic mass is 10.2. The smallest absolute Gasteiger partial charge is 0.382 e. The molecule has 104 valence electrons. The summed E-state index contributed by atoms with van der Waals surface area (Å²) in [5.74, 6) is 0. The first-order valence-electron chi connectivity index (χ1n) is 6.67. The predicted octanol–water partition coefficient (Wildman–Crippen LogP) is 2.66. The molecule has 0 unspecified atom stereocenters. The maximum atomic E-state index is 11.5. The lowest BCUT2D eigenvalue weighted by Crippen LogP contribution is -2.27. The van der Waals surface area contributed by atoms with E-state index < -0.39 is 0 Å². The molecule has 2 rings (SSSR count). The second-order valence-electron chi connectivity index (χ2n) is 4.57. The number of hydrogen-bond acceptors (Lipinski definition) is 5. The highest BCUT2D eigenvalue weighted by atomic mass is 32.2. The number of benzene rings is 1. The van der Waals surface area contributed by atoms with Gasteiger partial charge in [-0.25, -0.2) is 4.79 Å². The van der Waals surface area contributed by atoms with Crippen LogP contribution < -0.4 is 4.72 Å². The molecule has 0 amide bonds. The molecule has 1 aliphatic heterocycles. The first-order valence-corrected chi connectivity index (χ1v) is 7.49. The lowest BCUT2D eigenvalue weighted by molar-refractivity contribution is 0.168. The molecule has 1 aliphatic rings. The molecule has 0 spiro atoms. The summed E-state index contributed by atoms with van der Waals surface area (Å²) in [5.41, 5.74) is 1.01. The summed E-state index contributed by atoms with van der Waals surface area (Å²) in [7, 11) is 0. The summed E-state index contributed by atoms with van der Waals surface area (Å²) in [5, 5.41) is -0.273. The molecule has 5 heteroatoms. The molecule has 1 aromatic carbocycles. The molecule has 0 aliphatic carbocycles. The Morgan fingerprint density at radius 2 is 2.00 bits per heavy atom. The Labute approximate surface area is 118 Å². The monoisotopic (exact) mass is 280 g/mol. The molecule has 19 heavy (non-hydrogen) atoms. The van der Waals surface area contributed by atoms with Crippen LogP contribution in [0, 0.1) is 0 Å². The minimum Gasteiger partial charge on any atom is -0.452 e. The Kier molecular flexibility index (Phi) is 6.20. The standard InChI is InChI=1S/C14H20N2O2S/c17-14(18-12-13-6-2-1-3-7-13)19-15-8-11-16-9-4-5-10-16/h1-3,6-7,15H,4-5,8-12H2. The Balaban J connectivity index is 1.52. The van der Waals surface area contributed by atoms with Crippen molar-refractivity contribution >= 4 is 17.2 Å². The Morgan fingerprint density at radius 1 is 1.26 bits per heavy atom. The number of nitrogens with one attached hydrogen (secondary N) is 1. The van der Waals surface area contributed by atoms with Gasteiger partial charge in [0, 0.05) is 25.0 Å². The maximum Gasteiger partial charge on any atom is 0.382 e. The van der Waals surface area contributed by atoms with E-state index in [0.717, 1.165) is 30.6 Å². The van der Waals surface area contributed by atoms with Gasteiger partial charge >= 0.3 is 5.30 Å². The number of nitrogens with zero attached hydrogens (tertiary/aromatic N) is 1. The van der Waals surface area contributed by atoms with Crippen LogP contribution in [0.25, 0.3) is 0 Å². The highest BCUT2D eigenvalue weighted by molar-refractivity contribution is 8.11. The molecular weight excluding hydrogens is 260 g/mol. The summed E-state index contributed by atoms with van der Waals surface area (Å²) in [4.78, 5) is 13.9. The number of carbonyl (C=O) groups excluding carboxylic acids is 1. The average Bonchev–Trinajstić information content (AvgIpc) is 2.96. The molecule has 0 saturated carbocycles. The highest BCUT2D eigenvalue weighted by Gasteiger charge is 2.11. The number of hydrogen-bond donors (Lipinski definition) is 1. The van der Waals surface area contributed by atoms with Gasteiger partial charge in [0.2, 0.25) is 0 Å². The molecule has 1 fully saturated rings. The van der Waals surface area contributed by atoms with Crippen molar-refractivity contribution in [3.63, 3.8) is 0 Å². The third-order valence-electron chi connectivity index (χ3n) is 3.08. The first kappa shape index (κ1) is 14.4. The maximum absolute atomic E-state index is 11.5. The normalized spacial score (nSPS) is 15.6. The van der Waals surface area contributed by atoms with Crippen LogP contribution in [0.3, 0.4) is 0 Å². The SMILES string of the molecule is O=C(OCc1ccccc1)SNCCN1CCCC1. The van der Waals surface area contributed by atoms with Crippen LogP contribution in [0.4, 0.5) is 4.79 Å². The van der Waals surface area contributed by atoms with Gasteiger partial charge in [0.1, 0.15) is 6.61 Å². The molecule has 0 atom stereocenters. The quantitative estimate of drug-likeness (QED) is 0.493. The second-order valence-corrected chi connectivity index (χ2v) is 5.40. The van der Waals surface area contributed by atoms with Gasteiger partial charge in [-0.2, -0.15) is 0 Å². The van der Waals surface area contributed by atoms with Crippen molar-refractivity contribution < 1.29 is 9.53 Å². The Bertz CT molecular complexity index is 380. The van der Waals surface area contributed by atoms with E-state index in [9.17, 15) is 4.79 Å². The van der Waals surface area contributed by atoms with E-state index in [1.807, 2.05) is 30.3 Å². The van der Waals surface area contributed by atoms with E-state index >= 15 is 0 Å². The minimum absolute atomic E-state index is 0.273. The predicted molar refractivity (Wildman–Crippen MR) is 77.9 cm³/mol. The van der Waals surface area contributed by atoms with E-state index in [-0.39, 0.29) is 5.30 Å². The molecule has 1 aromatic rings. The molecule has 1 saturated heterocycles. The van der Waals surface area contributed by atoms with Crippen molar-refractivity contribution in [1.82, 2.24) is 9.62 Å². The van der Waals surface area contributed by atoms with E-state index in [2.05, 4.69) is 9.62 Å². The van der Waals surface area contributed by atoms with Crippen LogP contribution in [0.15, 0.2) is 30.3 Å². The largest absolute Gasteiger partial charge is 0.452 e. The van der Waals surface area contributed by atoms with Gasteiger partial charge in [0.15, 0.2) is 0 Å². The van der Waals surface area contributed by atoms with Crippen LogP contribution in [-0.4, -0.2) is 36.4 Å². The Morgan fingerprint density at radius 3 is 2.74 bits per heavy atom. The Hall–Kier alpha value is -1.04. The summed E-state index contributed by atoms with van der Waals surface area (Å²) in [6, 6.07) is 9.70. The highest BCUT2D eigenvalue weighted by Crippen LogP contribution is 2.08. The van der Waals surface area contributed by atoms with Crippen LogP contribution in [-0.2, 0) is 11.3 Å². The van der Waals surface area contributed by atoms with Crippen molar-refractivity contribution in [3.8, 4) is 0 Å². The van der Waals surface area contributed by atoms with Gasteiger partial charge in [-0.15, -0.1) is 0 Å². The number of likely N-dealkylation sites (tertiary alicyclic amines) is 1.